The molecule has 1 fully saturated rings. The third kappa shape index (κ3) is 8.61. The van der Waals surface area contributed by atoms with Crippen molar-refractivity contribution in [3.05, 3.63) is 0 Å². The predicted octanol–water partition coefficient (Wildman–Crippen LogP) is -3.23. The molecule has 0 unspecified atom stereocenters. The molecular formula is C20H33N3O11. The molecule has 14 nitrogen and oxygen atoms in total. The standard InChI is InChI=1S/C20H33N3O11/c1-8(19(31)23-11(18(21)30)4-5-14(27)28)6-12(26)9(2)33-17-15(22-10(3)25)20(32)34-13(7-24)16(17)29/h8-9,11,13,15-17,20,24,29,32H,4-7H2,1-3H3,(H2,21,30)(H,22,25)(H,23,31)(H,27,28)/t8-,9-,11-,13-,15-,16-,17-,20-/m1/s1. The molecule has 0 saturated carbocycles. The average Bonchev–Trinajstić information content (AvgIpc) is 2.74. The van der Waals surface area contributed by atoms with Crippen molar-refractivity contribution >= 4 is 29.5 Å². The second-order valence-electron chi connectivity index (χ2n) is 8.17. The van der Waals surface area contributed by atoms with Gasteiger partial charge in [-0.1, -0.05) is 6.92 Å². The minimum atomic E-state index is -1.63. The molecule has 0 spiro atoms. The van der Waals surface area contributed by atoms with Crippen molar-refractivity contribution in [2.45, 2.75) is 82.8 Å². The number of aliphatic hydroxyl groups excluding tert-OH is 3. The summed E-state index contributed by atoms with van der Waals surface area (Å²) in [5.74, 6) is -4.86. The fraction of sp³-hybridized carbons (Fsp3) is 0.750. The molecular weight excluding hydrogens is 458 g/mol. The highest BCUT2D eigenvalue weighted by Gasteiger charge is 2.46. The zero-order chi connectivity index (χ0) is 26.2. The fourth-order valence-electron chi connectivity index (χ4n) is 3.37. The summed E-state index contributed by atoms with van der Waals surface area (Å²) in [6.07, 6.45) is -7.81. The molecule has 0 aromatic carbocycles. The molecule has 8 atom stereocenters. The molecule has 194 valence electrons. The summed E-state index contributed by atoms with van der Waals surface area (Å²) >= 11 is 0. The van der Waals surface area contributed by atoms with Gasteiger partial charge in [-0.05, 0) is 13.3 Å². The van der Waals surface area contributed by atoms with Crippen molar-refractivity contribution in [2.24, 2.45) is 11.7 Å². The molecule has 1 saturated heterocycles. The van der Waals surface area contributed by atoms with Crippen molar-refractivity contribution in [2.75, 3.05) is 6.61 Å². The Morgan fingerprint density at radius 3 is 2.26 bits per heavy atom. The number of Topliss-reactive ketones (excluding diaryl/α,β-unsaturated/α-hetero) is 1. The minimum Gasteiger partial charge on any atom is -0.481 e. The number of primary amides is 1. The Labute approximate surface area is 195 Å². The van der Waals surface area contributed by atoms with Crippen LogP contribution in [0.4, 0.5) is 0 Å². The number of hydrogen-bond acceptors (Lipinski definition) is 10. The predicted molar refractivity (Wildman–Crippen MR) is 113 cm³/mol. The number of nitrogens with two attached hydrogens (primary N) is 1. The second kappa shape index (κ2) is 13.3. The van der Waals surface area contributed by atoms with Crippen molar-refractivity contribution in [3.8, 4) is 0 Å². The summed E-state index contributed by atoms with van der Waals surface area (Å²) in [5, 5.41) is 43.3. The van der Waals surface area contributed by atoms with Crippen LogP contribution in [0.15, 0.2) is 0 Å². The summed E-state index contributed by atoms with van der Waals surface area (Å²) in [6.45, 7) is 3.26. The van der Waals surface area contributed by atoms with Gasteiger partial charge in [0.1, 0.15) is 36.5 Å². The molecule has 1 aliphatic rings. The Kier molecular flexibility index (Phi) is 11.5. The van der Waals surface area contributed by atoms with Crippen LogP contribution >= 0.6 is 0 Å². The first kappa shape index (κ1) is 29.4. The van der Waals surface area contributed by atoms with Gasteiger partial charge in [-0.25, -0.2) is 0 Å². The van der Waals surface area contributed by atoms with Gasteiger partial charge < -0.3 is 46.3 Å². The zero-order valence-corrected chi connectivity index (χ0v) is 19.2. The summed E-state index contributed by atoms with van der Waals surface area (Å²) in [6, 6.07) is -2.46. The lowest BCUT2D eigenvalue weighted by atomic mass is 9.95. The van der Waals surface area contributed by atoms with E-state index in [-0.39, 0.29) is 12.8 Å². The number of ether oxygens (including phenoxy) is 2. The van der Waals surface area contributed by atoms with E-state index >= 15 is 0 Å². The van der Waals surface area contributed by atoms with Gasteiger partial charge in [0.25, 0.3) is 0 Å². The van der Waals surface area contributed by atoms with Crippen LogP contribution in [-0.4, -0.2) is 99.3 Å². The van der Waals surface area contributed by atoms with Crippen molar-refractivity contribution < 1.29 is 53.9 Å². The van der Waals surface area contributed by atoms with Gasteiger partial charge >= 0.3 is 5.97 Å². The van der Waals surface area contributed by atoms with Crippen molar-refractivity contribution in [1.82, 2.24) is 10.6 Å². The SMILES string of the molecule is CC(=O)N[C@@H]1[C@@H](O[C@H](C)C(=O)C[C@@H](C)C(=O)N[C@H](CCC(=O)O)C(N)=O)[C@H](O)[C@@H](CO)O[C@H]1O. The maximum atomic E-state index is 12.6. The van der Waals surface area contributed by atoms with Crippen LogP contribution in [0.2, 0.25) is 0 Å². The zero-order valence-electron chi connectivity index (χ0n) is 19.2. The smallest absolute Gasteiger partial charge is 0.303 e. The summed E-state index contributed by atoms with van der Waals surface area (Å²) in [5.41, 5.74) is 5.18. The lowest BCUT2D eigenvalue weighted by molar-refractivity contribution is -0.266. The van der Waals surface area contributed by atoms with E-state index in [0.717, 1.165) is 0 Å². The average molecular weight is 491 g/mol. The Balaban J connectivity index is 2.80. The number of carbonyl (C=O) groups excluding carboxylic acids is 4. The Hall–Kier alpha value is -2.65. The Bertz CT molecular complexity index is 762. The first-order valence-electron chi connectivity index (χ1n) is 10.7. The quantitative estimate of drug-likeness (QED) is 0.135. The molecule has 0 radical (unpaired) electrons. The van der Waals surface area contributed by atoms with E-state index in [1.807, 2.05) is 0 Å². The molecule has 0 aromatic rings. The second-order valence-corrected chi connectivity index (χ2v) is 8.17. The lowest BCUT2D eigenvalue weighted by Gasteiger charge is -2.43. The van der Waals surface area contributed by atoms with E-state index in [1.165, 1.54) is 20.8 Å². The van der Waals surface area contributed by atoms with Gasteiger partial charge in [-0.3, -0.25) is 24.0 Å². The molecule has 14 heteroatoms. The molecule has 1 heterocycles. The molecule has 34 heavy (non-hydrogen) atoms. The van der Waals surface area contributed by atoms with Gasteiger partial charge in [0.05, 0.1) is 6.61 Å². The fourth-order valence-corrected chi connectivity index (χ4v) is 3.37. The third-order valence-electron chi connectivity index (χ3n) is 5.32. The first-order valence-corrected chi connectivity index (χ1v) is 10.7. The van der Waals surface area contributed by atoms with Gasteiger partial charge in [0, 0.05) is 25.7 Å². The summed E-state index contributed by atoms with van der Waals surface area (Å²) in [7, 11) is 0. The van der Waals surface area contributed by atoms with E-state index in [0.29, 0.717) is 0 Å². The highest BCUT2D eigenvalue weighted by atomic mass is 16.6. The van der Waals surface area contributed by atoms with Gasteiger partial charge in [0.15, 0.2) is 12.1 Å². The van der Waals surface area contributed by atoms with Crippen LogP contribution < -0.4 is 16.4 Å². The van der Waals surface area contributed by atoms with Crippen molar-refractivity contribution in [1.29, 1.82) is 0 Å². The first-order chi connectivity index (χ1) is 15.8. The van der Waals surface area contributed by atoms with Crippen LogP contribution in [0.3, 0.4) is 0 Å². The van der Waals surface area contributed by atoms with Crippen molar-refractivity contribution in [3.63, 3.8) is 0 Å². The van der Waals surface area contributed by atoms with E-state index in [4.69, 9.17) is 20.3 Å². The maximum absolute atomic E-state index is 12.6. The number of carboxylic acids is 1. The number of rotatable bonds is 13. The summed E-state index contributed by atoms with van der Waals surface area (Å²) in [4.78, 5) is 58.7. The number of hydrogen-bond donors (Lipinski definition) is 7. The lowest BCUT2D eigenvalue weighted by Crippen LogP contribution is -2.65. The molecule has 8 N–H and O–H groups in total. The molecule has 0 bridgehead atoms. The topological polar surface area (TPSA) is 235 Å². The number of aliphatic carboxylic acids is 1. The van der Waals surface area contributed by atoms with E-state index in [1.54, 1.807) is 0 Å². The molecule has 0 aromatic heterocycles. The van der Waals surface area contributed by atoms with Gasteiger partial charge in [0.2, 0.25) is 17.7 Å². The van der Waals surface area contributed by atoms with Gasteiger partial charge in [-0.15, -0.1) is 0 Å². The normalized spacial score (nSPS) is 27.2. The van der Waals surface area contributed by atoms with Gasteiger partial charge in [-0.2, -0.15) is 0 Å². The maximum Gasteiger partial charge on any atom is 0.303 e. The number of carboxylic acid groups (broad SMARTS) is 1. The number of amides is 3. The Morgan fingerprint density at radius 1 is 1.15 bits per heavy atom. The van der Waals surface area contributed by atoms with E-state index < -0.39 is 91.2 Å². The highest BCUT2D eigenvalue weighted by molar-refractivity contribution is 5.91. The number of ketones is 1. The number of carbonyl (C=O) groups is 5. The van der Waals surface area contributed by atoms with E-state index in [2.05, 4.69) is 10.6 Å². The number of aliphatic hydroxyl groups is 3. The Morgan fingerprint density at radius 2 is 1.76 bits per heavy atom. The largest absolute Gasteiger partial charge is 0.481 e. The molecule has 0 aliphatic carbocycles. The molecule has 1 aliphatic heterocycles. The van der Waals surface area contributed by atoms with Crippen LogP contribution in [0.1, 0.15) is 40.0 Å². The number of nitrogens with one attached hydrogen (secondary N) is 2. The van der Waals surface area contributed by atoms with E-state index in [9.17, 15) is 39.3 Å². The minimum absolute atomic E-state index is 0.211. The summed E-state index contributed by atoms with van der Waals surface area (Å²) < 4.78 is 10.7. The van der Waals surface area contributed by atoms with Crippen LogP contribution in [0.25, 0.3) is 0 Å². The monoisotopic (exact) mass is 491 g/mol. The molecule has 3 amide bonds. The third-order valence-corrected chi connectivity index (χ3v) is 5.32. The van der Waals surface area contributed by atoms with Crippen LogP contribution in [0.5, 0.6) is 0 Å². The highest BCUT2D eigenvalue weighted by Crippen LogP contribution is 2.24. The molecule has 1 rings (SSSR count). The van der Waals surface area contributed by atoms with Crippen LogP contribution in [-0.2, 0) is 33.4 Å². The van der Waals surface area contributed by atoms with Crippen LogP contribution in [0, 0.1) is 5.92 Å².